The molecule has 0 aromatic heterocycles. The molecule has 0 aliphatic heterocycles. The van der Waals surface area contributed by atoms with E-state index in [1.807, 2.05) is 0 Å². The lowest BCUT2D eigenvalue weighted by atomic mass is 9.63. The highest BCUT2D eigenvalue weighted by Crippen LogP contribution is 2.46. The molecule has 1 unspecified atom stereocenters. The van der Waals surface area contributed by atoms with E-state index in [9.17, 15) is 15.0 Å². The van der Waals surface area contributed by atoms with Crippen molar-refractivity contribution in [2.75, 3.05) is 7.11 Å². The van der Waals surface area contributed by atoms with E-state index in [0.717, 1.165) is 51.4 Å². The Balaban J connectivity index is 2.30. The summed E-state index contributed by atoms with van der Waals surface area (Å²) >= 11 is 0. The lowest BCUT2D eigenvalue weighted by Gasteiger charge is -2.49. The Kier molecular flexibility index (Phi) is 5.44. The zero-order valence-electron chi connectivity index (χ0n) is 12.5. The van der Waals surface area contributed by atoms with E-state index >= 15 is 0 Å². The first-order chi connectivity index (χ1) is 9.63. The van der Waals surface area contributed by atoms with Crippen LogP contribution >= 0.6 is 0 Å². The van der Waals surface area contributed by atoms with Crippen LogP contribution in [0.15, 0.2) is 0 Å². The van der Waals surface area contributed by atoms with Gasteiger partial charge in [0.2, 0.25) is 0 Å². The van der Waals surface area contributed by atoms with Gasteiger partial charge in [-0.2, -0.15) is 0 Å². The fraction of sp³-hybridized carbons (Fsp3) is 0.938. The maximum atomic E-state index is 11.5. The number of carbonyl (C=O) groups is 1. The first-order valence-corrected chi connectivity index (χ1v) is 8.09. The Hall–Kier alpha value is -0.610. The molecule has 116 valence electrons. The summed E-state index contributed by atoms with van der Waals surface area (Å²) in [5.74, 6) is -0.783. The number of ether oxygens (including phenoxy) is 1. The van der Waals surface area contributed by atoms with Crippen molar-refractivity contribution in [3.05, 3.63) is 0 Å². The number of hydrogen-bond acceptors (Lipinski definition) is 3. The molecule has 4 heteroatoms. The standard InChI is InChI=1S/C16H28O4/c1-20-16(14(17)15(18)19,12-8-4-2-5-9-12)13-10-6-3-7-11-13/h12-14,17H,2-11H2,1H3,(H,18,19). The molecule has 2 rings (SSSR count). The summed E-state index contributed by atoms with van der Waals surface area (Å²) in [7, 11) is 1.59. The molecule has 2 fully saturated rings. The molecule has 0 aromatic carbocycles. The van der Waals surface area contributed by atoms with Gasteiger partial charge >= 0.3 is 5.97 Å². The SMILES string of the molecule is COC(C1CCCCC1)(C1CCCCC1)C(O)C(=O)O. The van der Waals surface area contributed by atoms with Gasteiger partial charge in [0, 0.05) is 7.11 Å². The van der Waals surface area contributed by atoms with Crippen molar-refractivity contribution in [2.24, 2.45) is 11.8 Å². The van der Waals surface area contributed by atoms with Crippen molar-refractivity contribution < 1.29 is 19.7 Å². The maximum Gasteiger partial charge on any atom is 0.335 e. The third-order valence-electron chi connectivity index (χ3n) is 5.50. The summed E-state index contributed by atoms with van der Waals surface area (Å²) in [5, 5.41) is 19.8. The monoisotopic (exact) mass is 284 g/mol. The molecule has 2 aliphatic carbocycles. The first-order valence-electron chi connectivity index (χ1n) is 8.09. The Morgan fingerprint density at radius 1 is 1.00 bits per heavy atom. The van der Waals surface area contributed by atoms with Crippen molar-refractivity contribution >= 4 is 5.97 Å². The van der Waals surface area contributed by atoms with Crippen LogP contribution in [0.4, 0.5) is 0 Å². The zero-order chi connectivity index (χ0) is 14.6. The molecule has 0 amide bonds. The van der Waals surface area contributed by atoms with E-state index in [0.29, 0.717) is 0 Å². The number of methoxy groups -OCH3 is 1. The Morgan fingerprint density at radius 2 is 1.40 bits per heavy atom. The van der Waals surface area contributed by atoms with Crippen LogP contribution in [0.2, 0.25) is 0 Å². The first kappa shape index (κ1) is 15.8. The third kappa shape index (κ3) is 2.86. The molecule has 1 atom stereocenters. The lowest BCUT2D eigenvalue weighted by molar-refractivity contribution is -0.201. The molecular formula is C16H28O4. The van der Waals surface area contributed by atoms with Crippen molar-refractivity contribution in [2.45, 2.75) is 75.9 Å². The highest BCUT2D eigenvalue weighted by atomic mass is 16.5. The molecule has 0 aromatic rings. The molecular weight excluding hydrogens is 256 g/mol. The van der Waals surface area contributed by atoms with Crippen LogP contribution in [0.5, 0.6) is 0 Å². The van der Waals surface area contributed by atoms with Crippen molar-refractivity contribution in [1.82, 2.24) is 0 Å². The quantitative estimate of drug-likeness (QED) is 0.814. The maximum absolute atomic E-state index is 11.5. The minimum atomic E-state index is -1.40. The van der Waals surface area contributed by atoms with E-state index in [-0.39, 0.29) is 11.8 Å². The average Bonchev–Trinajstić information content (AvgIpc) is 2.50. The summed E-state index contributed by atoms with van der Waals surface area (Å²) < 4.78 is 5.81. The van der Waals surface area contributed by atoms with Gasteiger partial charge in [0.25, 0.3) is 0 Å². The lowest BCUT2D eigenvalue weighted by Crippen LogP contribution is -2.59. The van der Waals surface area contributed by atoms with Gasteiger partial charge < -0.3 is 14.9 Å². The van der Waals surface area contributed by atoms with E-state index in [2.05, 4.69) is 0 Å². The van der Waals surface area contributed by atoms with Gasteiger partial charge in [0.1, 0.15) is 5.60 Å². The molecule has 4 nitrogen and oxygen atoms in total. The minimum Gasteiger partial charge on any atom is -0.479 e. The Labute approximate surface area is 121 Å². The van der Waals surface area contributed by atoms with E-state index in [4.69, 9.17) is 4.74 Å². The zero-order valence-corrected chi connectivity index (χ0v) is 12.5. The van der Waals surface area contributed by atoms with Gasteiger partial charge in [0.15, 0.2) is 6.10 Å². The minimum absolute atomic E-state index is 0.176. The number of carboxylic acids is 1. The largest absolute Gasteiger partial charge is 0.479 e. The second-order valence-electron chi connectivity index (χ2n) is 6.47. The average molecular weight is 284 g/mol. The number of aliphatic hydroxyl groups excluding tert-OH is 1. The fourth-order valence-corrected chi connectivity index (χ4v) is 4.53. The highest BCUT2D eigenvalue weighted by molar-refractivity contribution is 5.74. The van der Waals surface area contributed by atoms with Crippen LogP contribution in [-0.2, 0) is 9.53 Å². The van der Waals surface area contributed by atoms with E-state index < -0.39 is 17.7 Å². The Bertz CT molecular complexity index is 298. The van der Waals surface area contributed by atoms with Crippen LogP contribution < -0.4 is 0 Å². The van der Waals surface area contributed by atoms with E-state index in [1.54, 1.807) is 7.11 Å². The van der Waals surface area contributed by atoms with Crippen LogP contribution in [0, 0.1) is 11.8 Å². The van der Waals surface area contributed by atoms with Crippen molar-refractivity contribution in [1.29, 1.82) is 0 Å². The van der Waals surface area contributed by atoms with Crippen LogP contribution in [0.1, 0.15) is 64.2 Å². The summed E-state index contributed by atoms with van der Waals surface area (Å²) in [6.07, 6.45) is 9.42. The Morgan fingerprint density at radius 3 is 1.70 bits per heavy atom. The normalized spacial score (nSPS) is 24.5. The van der Waals surface area contributed by atoms with Gasteiger partial charge in [0.05, 0.1) is 0 Å². The third-order valence-corrected chi connectivity index (χ3v) is 5.50. The molecule has 2 N–H and O–H groups in total. The number of hydrogen-bond donors (Lipinski definition) is 2. The summed E-state index contributed by atoms with van der Waals surface area (Å²) in [4.78, 5) is 11.5. The molecule has 2 saturated carbocycles. The molecule has 0 radical (unpaired) electrons. The van der Waals surface area contributed by atoms with Gasteiger partial charge in [-0.25, -0.2) is 4.79 Å². The predicted molar refractivity (Wildman–Crippen MR) is 76.5 cm³/mol. The summed E-state index contributed by atoms with van der Waals surface area (Å²) in [6.45, 7) is 0. The number of carboxylic acid groups (broad SMARTS) is 1. The number of aliphatic carboxylic acids is 1. The van der Waals surface area contributed by atoms with Gasteiger partial charge in [-0.3, -0.25) is 0 Å². The number of aliphatic hydroxyl groups is 1. The molecule has 0 spiro atoms. The topological polar surface area (TPSA) is 66.8 Å². The summed E-state index contributed by atoms with van der Waals surface area (Å²) in [5.41, 5.74) is -0.882. The molecule has 2 aliphatic rings. The second kappa shape index (κ2) is 6.90. The second-order valence-corrected chi connectivity index (χ2v) is 6.47. The van der Waals surface area contributed by atoms with Crippen LogP contribution in [-0.4, -0.2) is 35.0 Å². The van der Waals surface area contributed by atoms with Crippen molar-refractivity contribution in [3.63, 3.8) is 0 Å². The smallest absolute Gasteiger partial charge is 0.335 e. The van der Waals surface area contributed by atoms with Crippen LogP contribution in [0.25, 0.3) is 0 Å². The molecule has 0 saturated heterocycles. The molecule has 0 bridgehead atoms. The van der Waals surface area contributed by atoms with E-state index in [1.165, 1.54) is 12.8 Å². The molecule has 20 heavy (non-hydrogen) atoms. The predicted octanol–water partition coefficient (Wildman–Crippen LogP) is 2.98. The molecule has 0 heterocycles. The summed E-state index contributed by atoms with van der Waals surface area (Å²) in [6, 6.07) is 0. The fourth-order valence-electron chi connectivity index (χ4n) is 4.53. The van der Waals surface area contributed by atoms with Crippen LogP contribution in [0.3, 0.4) is 0 Å². The van der Waals surface area contributed by atoms with Gasteiger partial charge in [-0.1, -0.05) is 38.5 Å². The van der Waals surface area contributed by atoms with Gasteiger partial charge in [-0.05, 0) is 37.5 Å². The number of rotatable bonds is 5. The van der Waals surface area contributed by atoms with Gasteiger partial charge in [-0.15, -0.1) is 0 Å². The highest BCUT2D eigenvalue weighted by Gasteiger charge is 2.53. The van der Waals surface area contributed by atoms with Crippen molar-refractivity contribution in [3.8, 4) is 0 Å².